The average Bonchev–Trinajstić information content (AvgIpc) is 4.15. The molecule has 322 valence electrons. The standard InChI is InChI=1S/C24H26N4O6.C20H26N4O3/c1-31-18-12-16(13-19(32-2)22(18)33-3)21(29)24(30)28-11-5-7-17(28)23-26-20(27-34-23)9-8-15-6-4-10-25-14-15;1-4-20(2,3)17(25)19(26)24-12-6-8-15(24)18-22-16(23-27-18)10-9-14-7-5-11-21-13-14/h4,6,10,12-14,17H,5,7-9,11H2,1-3H3;5,7,11,13,15H,4,6,8-10,12H2,1-3H3/t17-;15-/m00/s1. The Morgan fingerprint density at radius 2 is 1.21 bits per heavy atom. The van der Waals surface area contributed by atoms with Crippen molar-refractivity contribution in [3.05, 3.63) is 101 Å². The van der Waals surface area contributed by atoms with Crippen LogP contribution < -0.4 is 14.2 Å². The maximum atomic E-state index is 13.2. The molecule has 2 atom stereocenters. The van der Waals surface area contributed by atoms with Gasteiger partial charge in [-0.05, 0) is 80.3 Å². The lowest BCUT2D eigenvalue weighted by atomic mass is 9.84. The molecular formula is C44H52N8O9. The molecule has 0 unspecified atom stereocenters. The molecule has 2 fully saturated rings. The maximum Gasteiger partial charge on any atom is 0.295 e. The molecule has 0 N–H and O–H groups in total. The van der Waals surface area contributed by atoms with Crippen LogP contribution in [-0.4, -0.2) is 97.8 Å². The number of benzene rings is 1. The minimum Gasteiger partial charge on any atom is -0.493 e. The van der Waals surface area contributed by atoms with Crippen LogP contribution in [0.25, 0.3) is 0 Å². The number of nitrogens with zero attached hydrogens (tertiary/aromatic N) is 8. The molecule has 6 heterocycles. The number of Topliss-reactive ketones (excluding diaryl/α,β-unsaturated/α-hetero) is 2. The zero-order valence-electron chi connectivity index (χ0n) is 35.5. The first kappa shape index (κ1) is 44.0. The van der Waals surface area contributed by atoms with E-state index in [-0.39, 0.29) is 17.4 Å². The van der Waals surface area contributed by atoms with Crippen LogP contribution in [0.15, 0.2) is 70.2 Å². The number of methoxy groups -OCH3 is 3. The molecule has 2 aliphatic heterocycles. The number of likely N-dealkylation sites (tertiary alicyclic amines) is 2. The lowest BCUT2D eigenvalue weighted by Gasteiger charge is -2.26. The van der Waals surface area contributed by atoms with Gasteiger partial charge in [0.25, 0.3) is 17.6 Å². The highest BCUT2D eigenvalue weighted by molar-refractivity contribution is 6.43. The first-order chi connectivity index (χ1) is 29.5. The molecule has 0 radical (unpaired) electrons. The van der Waals surface area contributed by atoms with E-state index in [2.05, 4.69) is 30.2 Å². The second kappa shape index (κ2) is 20.2. The smallest absolute Gasteiger partial charge is 0.295 e. The number of carbonyl (C=O) groups excluding carboxylic acids is 4. The molecule has 1 aromatic carbocycles. The van der Waals surface area contributed by atoms with Crippen molar-refractivity contribution in [1.29, 1.82) is 0 Å². The third-order valence-electron chi connectivity index (χ3n) is 11.1. The Balaban J connectivity index is 0.000000210. The van der Waals surface area contributed by atoms with E-state index in [1.165, 1.54) is 38.4 Å². The van der Waals surface area contributed by atoms with Crippen LogP contribution in [0, 0.1) is 5.41 Å². The van der Waals surface area contributed by atoms with Gasteiger partial charge in [0.1, 0.15) is 12.1 Å². The van der Waals surface area contributed by atoms with E-state index in [1.807, 2.05) is 51.2 Å². The quantitative estimate of drug-likeness (QED) is 0.0858. The number of carbonyl (C=O) groups is 4. The van der Waals surface area contributed by atoms with E-state index in [9.17, 15) is 19.2 Å². The predicted molar refractivity (Wildman–Crippen MR) is 219 cm³/mol. The van der Waals surface area contributed by atoms with Crippen molar-refractivity contribution in [2.75, 3.05) is 34.4 Å². The number of aromatic nitrogens is 6. The first-order valence-corrected chi connectivity index (χ1v) is 20.4. The minimum absolute atomic E-state index is 0.146. The molecule has 2 saturated heterocycles. The first-order valence-electron chi connectivity index (χ1n) is 20.4. The van der Waals surface area contributed by atoms with Crippen molar-refractivity contribution in [2.45, 2.75) is 90.6 Å². The summed E-state index contributed by atoms with van der Waals surface area (Å²) in [5.74, 6) is 0.730. The monoisotopic (exact) mass is 836 g/mol. The molecule has 0 saturated carbocycles. The number of ketones is 2. The van der Waals surface area contributed by atoms with E-state index in [0.29, 0.717) is 79.5 Å². The summed E-state index contributed by atoms with van der Waals surface area (Å²) in [5.41, 5.74) is 1.66. The fourth-order valence-electron chi connectivity index (χ4n) is 7.19. The summed E-state index contributed by atoms with van der Waals surface area (Å²) in [6.45, 7) is 6.50. The van der Waals surface area contributed by atoms with Gasteiger partial charge < -0.3 is 33.1 Å². The number of rotatable bonds is 16. The predicted octanol–water partition coefficient (Wildman–Crippen LogP) is 5.74. The average molecular weight is 837 g/mol. The van der Waals surface area contributed by atoms with Gasteiger partial charge in [-0.15, -0.1) is 0 Å². The van der Waals surface area contributed by atoms with Crippen molar-refractivity contribution < 1.29 is 42.4 Å². The van der Waals surface area contributed by atoms with Crippen molar-refractivity contribution in [3.8, 4) is 17.2 Å². The van der Waals surface area contributed by atoms with Crippen molar-refractivity contribution in [1.82, 2.24) is 40.0 Å². The molecular weight excluding hydrogens is 785 g/mol. The second-order valence-corrected chi connectivity index (χ2v) is 15.4. The van der Waals surface area contributed by atoms with Gasteiger partial charge >= 0.3 is 0 Å². The van der Waals surface area contributed by atoms with E-state index in [4.69, 9.17) is 23.3 Å². The van der Waals surface area contributed by atoms with Crippen molar-refractivity contribution >= 4 is 23.4 Å². The molecule has 0 bridgehead atoms. The van der Waals surface area contributed by atoms with Gasteiger partial charge in [0, 0.05) is 61.7 Å². The molecule has 2 aliphatic rings. The maximum absolute atomic E-state index is 13.2. The van der Waals surface area contributed by atoms with Gasteiger partial charge in [0.15, 0.2) is 23.1 Å². The van der Waals surface area contributed by atoms with Crippen LogP contribution in [0.1, 0.15) is 110 Å². The third kappa shape index (κ3) is 10.4. The SMILES string of the molecule is CCC(C)(C)C(=O)C(=O)N1CCC[C@H]1c1nc(CCc2cccnc2)no1.COc1cc(C(=O)C(=O)N2CCC[C@H]2c2nc(CCc3cccnc3)no2)cc(OC)c1OC. The van der Waals surface area contributed by atoms with Crippen LogP contribution in [-0.2, 0) is 40.1 Å². The third-order valence-corrected chi connectivity index (χ3v) is 11.1. The zero-order chi connectivity index (χ0) is 43.5. The normalized spacial score (nSPS) is 16.2. The number of pyridine rings is 2. The zero-order valence-corrected chi connectivity index (χ0v) is 35.5. The Labute approximate surface area is 354 Å². The van der Waals surface area contributed by atoms with E-state index >= 15 is 0 Å². The molecule has 7 rings (SSSR count). The fraction of sp³-hybridized carbons (Fsp3) is 0.455. The Hall–Kier alpha value is -6.52. The van der Waals surface area contributed by atoms with Crippen LogP contribution in [0.2, 0.25) is 0 Å². The lowest BCUT2D eigenvalue weighted by molar-refractivity contribution is -0.150. The highest BCUT2D eigenvalue weighted by atomic mass is 16.5. The highest BCUT2D eigenvalue weighted by Gasteiger charge is 2.41. The molecule has 17 heteroatoms. The Kier molecular flexibility index (Phi) is 14.6. The minimum atomic E-state index is -0.678. The summed E-state index contributed by atoms with van der Waals surface area (Å²) < 4.78 is 26.8. The topological polar surface area (TPSA) is 206 Å². The largest absolute Gasteiger partial charge is 0.493 e. The Morgan fingerprint density at radius 3 is 1.64 bits per heavy atom. The van der Waals surface area contributed by atoms with Gasteiger partial charge in [-0.1, -0.05) is 43.2 Å². The van der Waals surface area contributed by atoms with Gasteiger partial charge in [0.05, 0.1) is 21.3 Å². The van der Waals surface area contributed by atoms with E-state index in [0.717, 1.165) is 43.2 Å². The van der Waals surface area contributed by atoms with Crippen molar-refractivity contribution in [2.24, 2.45) is 5.41 Å². The molecule has 4 aromatic heterocycles. The molecule has 0 spiro atoms. The Bertz CT molecular complexity index is 2250. The van der Waals surface area contributed by atoms with Crippen LogP contribution >= 0.6 is 0 Å². The van der Waals surface area contributed by atoms with Gasteiger partial charge in [0.2, 0.25) is 23.3 Å². The lowest BCUT2D eigenvalue weighted by Crippen LogP contribution is -2.42. The number of aryl methyl sites for hydroxylation is 4. The summed E-state index contributed by atoms with van der Waals surface area (Å²) in [4.78, 5) is 71.8. The summed E-state index contributed by atoms with van der Waals surface area (Å²) in [7, 11) is 4.37. The van der Waals surface area contributed by atoms with Crippen molar-refractivity contribution in [3.63, 3.8) is 0 Å². The van der Waals surface area contributed by atoms with Gasteiger partial charge in [-0.3, -0.25) is 29.1 Å². The number of hydrogen-bond donors (Lipinski definition) is 0. The molecule has 0 aliphatic carbocycles. The summed E-state index contributed by atoms with van der Waals surface area (Å²) in [6.07, 6.45) is 13.3. The summed E-state index contributed by atoms with van der Waals surface area (Å²) in [5, 5.41) is 8.11. The number of hydrogen-bond acceptors (Lipinski definition) is 15. The van der Waals surface area contributed by atoms with Crippen LogP contribution in [0.5, 0.6) is 17.2 Å². The van der Waals surface area contributed by atoms with E-state index in [1.54, 1.807) is 23.5 Å². The summed E-state index contributed by atoms with van der Waals surface area (Å²) in [6, 6.07) is 9.95. The Morgan fingerprint density at radius 1 is 0.721 bits per heavy atom. The van der Waals surface area contributed by atoms with Crippen LogP contribution in [0.3, 0.4) is 0 Å². The molecule has 2 amide bonds. The van der Waals surface area contributed by atoms with Gasteiger partial charge in [-0.25, -0.2) is 0 Å². The molecule has 17 nitrogen and oxygen atoms in total. The van der Waals surface area contributed by atoms with Gasteiger partial charge in [-0.2, -0.15) is 9.97 Å². The second-order valence-electron chi connectivity index (χ2n) is 15.4. The number of amides is 2. The molecule has 5 aromatic rings. The molecule has 61 heavy (non-hydrogen) atoms. The fourth-order valence-corrected chi connectivity index (χ4v) is 7.19. The van der Waals surface area contributed by atoms with E-state index < -0.39 is 29.1 Å². The summed E-state index contributed by atoms with van der Waals surface area (Å²) >= 11 is 0. The van der Waals surface area contributed by atoms with Crippen LogP contribution in [0.4, 0.5) is 0 Å². The highest BCUT2D eigenvalue weighted by Crippen LogP contribution is 2.39. The number of ether oxygens (including phenoxy) is 3.